The number of rotatable bonds is 6. The number of carbonyl (C=O) groups is 1. The van der Waals surface area contributed by atoms with Gasteiger partial charge in [0.15, 0.2) is 0 Å². The van der Waals surface area contributed by atoms with Crippen LogP contribution in [0.2, 0.25) is 0 Å². The van der Waals surface area contributed by atoms with Crippen molar-refractivity contribution in [1.29, 1.82) is 0 Å². The van der Waals surface area contributed by atoms with Crippen molar-refractivity contribution in [3.05, 3.63) is 75.8 Å². The molecule has 6 heteroatoms. The third-order valence-electron chi connectivity index (χ3n) is 6.05. The first-order chi connectivity index (χ1) is 17.3. The molecule has 0 saturated carbocycles. The highest BCUT2D eigenvalue weighted by atomic mass is 16.2. The molecule has 6 nitrogen and oxygen atoms in total. The molecule has 2 aromatic rings. The topological polar surface area (TPSA) is 78.9 Å². The summed E-state index contributed by atoms with van der Waals surface area (Å²) in [5, 5.41) is 7.85. The Morgan fingerprint density at radius 3 is 2.33 bits per heavy atom. The van der Waals surface area contributed by atoms with Gasteiger partial charge >= 0.3 is 0 Å². The third kappa shape index (κ3) is 8.83. The fraction of sp³-hybridized carbons (Fsp3) is 0.467. The molecule has 1 aliphatic rings. The van der Waals surface area contributed by atoms with Crippen LogP contribution in [0.1, 0.15) is 71.6 Å². The summed E-state index contributed by atoms with van der Waals surface area (Å²) in [4.78, 5) is 28.0. The third-order valence-corrected chi connectivity index (χ3v) is 6.05. The maximum absolute atomic E-state index is 12.8. The van der Waals surface area contributed by atoms with E-state index in [2.05, 4.69) is 42.3 Å². The van der Waals surface area contributed by atoms with Crippen molar-refractivity contribution in [2.45, 2.75) is 65.7 Å². The zero-order valence-electron chi connectivity index (χ0n) is 23.6. The molecule has 1 atom stereocenters. The predicted molar refractivity (Wildman–Crippen MR) is 156 cm³/mol. The van der Waals surface area contributed by atoms with Gasteiger partial charge in [0.25, 0.3) is 5.56 Å². The van der Waals surface area contributed by atoms with E-state index >= 15 is 0 Å². The number of pyridine rings is 1. The van der Waals surface area contributed by atoms with Crippen LogP contribution in [0.25, 0.3) is 18.2 Å². The average Bonchev–Trinajstić information content (AvgIpc) is 3.22. The molecule has 36 heavy (non-hydrogen) atoms. The van der Waals surface area contributed by atoms with Crippen molar-refractivity contribution in [2.75, 3.05) is 20.1 Å². The van der Waals surface area contributed by atoms with Crippen LogP contribution in [0.5, 0.6) is 0 Å². The van der Waals surface area contributed by atoms with Gasteiger partial charge in [-0.25, -0.2) is 0 Å². The number of allylic oxidation sites excluding steroid dienone is 2. The van der Waals surface area contributed by atoms with Gasteiger partial charge < -0.3 is 20.2 Å². The van der Waals surface area contributed by atoms with Gasteiger partial charge in [-0.3, -0.25) is 9.59 Å². The summed E-state index contributed by atoms with van der Waals surface area (Å²) in [6.45, 7) is 21.8. The normalized spacial score (nSPS) is 17.5. The van der Waals surface area contributed by atoms with Crippen LogP contribution in [0, 0.1) is 0 Å². The van der Waals surface area contributed by atoms with E-state index in [9.17, 15) is 9.59 Å². The Hall–Kier alpha value is -3.12. The minimum Gasteiger partial charge on any atom is -0.355 e. The van der Waals surface area contributed by atoms with E-state index < -0.39 is 5.41 Å². The molecule has 3 N–H and O–H groups in total. The summed E-state index contributed by atoms with van der Waals surface area (Å²) in [5.41, 5.74) is 1.16. The lowest BCUT2D eigenvalue weighted by atomic mass is 9.76. The monoisotopic (exact) mass is 496 g/mol. The summed E-state index contributed by atoms with van der Waals surface area (Å²) in [6.07, 6.45) is 10.1. The van der Waals surface area contributed by atoms with Crippen LogP contribution in [0.4, 0.5) is 0 Å². The van der Waals surface area contributed by atoms with Crippen LogP contribution in [0.3, 0.4) is 0 Å². The van der Waals surface area contributed by atoms with Gasteiger partial charge in [0.2, 0.25) is 5.91 Å². The molecular formula is C30H48N4O2. The number of piperidine rings is 1. The molecule has 0 bridgehead atoms. The maximum Gasteiger partial charge on any atom is 0.252 e. The van der Waals surface area contributed by atoms with E-state index in [4.69, 9.17) is 0 Å². The fourth-order valence-corrected chi connectivity index (χ4v) is 3.89. The van der Waals surface area contributed by atoms with Gasteiger partial charge in [-0.1, -0.05) is 45.9 Å². The van der Waals surface area contributed by atoms with Crippen LogP contribution >= 0.6 is 0 Å². The average molecular weight is 497 g/mol. The highest BCUT2D eigenvalue weighted by molar-refractivity contribution is 5.89. The summed E-state index contributed by atoms with van der Waals surface area (Å²) in [7, 11) is 3.94. The van der Waals surface area contributed by atoms with Gasteiger partial charge in [-0.2, -0.15) is 0 Å². The molecule has 3 rings (SSSR count). The Bertz CT molecular complexity index is 1120. The van der Waals surface area contributed by atoms with E-state index in [0.29, 0.717) is 18.5 Å². The number of nitrogens with zero attached hydrogens (tertiary/aromatic N) is 1. The van der Waals surface area contributed by atoms with Gasteiger partial charge in [0.1, 0.15) is 0 Å². The molecule has 1 saturated heterocycles. The van der Waals surface area contributed by atoms with E-state index in [0.717, 1.165) is 34.8 Å². The number of nitrogens with one attached hydrogen (secondary N) is 3. The molecule has 1 unspecified atom stereocenters. The lowest BCUT2D eigenvalue weighted by Gasteiger charge is -2.32. The zero-order valence-corrected chi connectivity index (χ0v) is 23.6. The Balaban J connectivity index is 0.00000106. The van der Waals surface area contributed by atoms with Crippen molar-refractivity contribution < 1.29 is 4.79 Å². The number of aromatic amines is 1. The van der Waals surface area contributed by atoms with E-state index in [1.165, 1.54) is 12.8 Å². The highest BCUT2D eigenvalue weighted by Gasteiger charge is 2.39. The molecule has 2 aromatic heterocycles. The van der Waals surface area contributed by atoms with Crippen molar-refractivity contribution in [2.24, 2.45) is 7.05 Å². The van der Waals surface area contributed by atoms with Crippen molar-refractivity contribution in [3.63, 3.8) is 0 Å². The molecule has 0 radical (unpaired) electrons. The number of H-pyrrole nitrogens is 1. The zero-order chi connectivity index (χ0) is 27.7. The molecule has 0 spiro atoms. The Kier molecular flexibility index (Phi) is 15.8. The number of aryl methyl sites for hydroxylation is 1. The van der Waals surface area contributed by atoms with Crippen molar-refractivity contribution >= 4 is 24.1 Å². The largest absolute Gasteiger partial charge is 0.355 e. The van der Waals surface area contributed by atoms with Crippen LogP contribution in [0.15, 0.2) is 48.4 Å². The van der Waals surface area contributed by atoms with Crippen LogP contribution < -0.4 is 26.8 Å². The lowest BCUT2D eigenvalue weighted by molar-refractivity contribution is -0.128. The van der Waals surface area contributed by atoms with E-state index in [-0.39, 0.29) is 11.5 Å². The Morgan fingerprint density at radius 1 is 1.22 bits per heavy atom. The number of unbranched alkanes of at least 4 members (excludes halogenated alkanes) is 1. The molecule has 200 valence electrons. The molecule has 0 aromatic carbocycles. The number of hydrogen-bond donors (Lipinski definition) is 3. The van der Waals surface area contributed by atoms with Gasteiger partial charge in [0, 0.05) is 36.4 Å². The standard InChI is InChI=1S/C21H25N3O2.C5H13N.C2H6.C2H4/c1-5-15(13-18-14(2)9-12-24(18)4)17-8-7-16(19(25)23-17)21(3)10-6-11-22-20(21)26;1-3-4-5-6-2;2*1-2/h5,7-9,12-13H,2,6,10-11H2,1,3-4H3,(H,22,26)(H,23,25);6H,3-5H2,1-2H3;1-2H3;1-2H2/b15-5+,18-13+;;;. The van der Waals surface area contributed by atoms with E-state index in [1.54, 1.807) is 6.07 Å². The highest BCUT2D eigenvalue weighted by Crippen LogP contribution is 2.29. The van der Waals surface area contributed by atoms with Gasteiger partial charge in [-0.05, 0) is 75.7 Å². The lowest BCUT2D eigenvalue weighted by Crippen LogP contribution is -2.49. The second-order valence-electron chi connectivity index (χ2n) is 8.49. The SMILES string of the molecule is C=C.C=c1ccn(C)/c1=C/C(=C\C)c1ccc(C2(C)CCCNC2=O)c(=O)[nH]1.CC.CCCCNC. The minimum atomic E-state index is -0.775. The van der Waals surface area contributed by atoms with Crippen LogP contribution in [-0.4, -0.2) is 35.6 Å². The number of carbonyl (C=O) groups excluding carboxylic acids is 1. The molecule has 1 amide bonds. The van der Waals surface area contributed by atoms with Crippen molar-refractivity contribution in [3.8, 4) is 0 Å². The Morgan fingerprint density at radius 2 is 1.89 bits per heavy atom. The first-order valence-corrected chi connectivity index (χ1v) is 12.9. The summed E-state index contributed by atoms with van der Waals surface area (Å²) in [5.74, 6) is -0.0784. The summed E-state index contributed by atoms with van der Waals surface area (Å²) >= 11 is 0. The summed E-state index contributed by atoms with van der Waals surface area (Å²) in [6, 6.07) is 5.61. The molecule has 0 aliphatic carbocycles. The predicted octanol–water partition coefficient (Wildman–Crippen LogP) is 4.01. The second kappa shape index (κ2) is 17.3. The smallest absolute Gasteiger partial charge is 0.252 e. The summed E-state index contributed by atoms with van der Waals surface area (Å²) < 4.78 is 1.99. The van der Waals surface area contributed by atoms with E-state index in [1.807, 2.05) is 76.8 Å². The molecule has 3 heterocycles. The number of hydrogen-bond acceptors (Lipinski definition) is 3. The van der Waals surface area contributed by atoms with Crippen molar-refractivity contribution in [1.82, 2.24) is 20.2 Å². The first kappa shape index (κ1) is 32.9. The quantitative estimate of drug-likeness (QED) is 0.418. The molecule has 1 aliphatic heterocycles. The number of aromatic nitrogens is 2. The molecule has 1 fully saturated rings. The maximum atomic E-state index is 12.8. The van der Waals surface area contributed by atoms with Gasteiger partial charge in [-0.15, -0.1) is 13.2 Å². The second-order valence-corrected chi connectivity index (χ2v) is 8.49. The minimum absolute atomic E-state index is 0.0784. The Labute approximate surface area is 217 Å². The fourth-order valence-electron chi connectivity index (χ4n) is 3.89. The van der Waals surface area contributed by atoms with Gasteiger partial charge in [0.05, 0.1) is 5.41 Å². The molecular weight excluding hydrogens is 448 g/mol. The van der Waals surface area contributed by atoms with Crippen LogP contribution in [-0.2, 0) is 17.3 Å². The first-order valence-electron chi connectivity index (χ1n) is 12.9. The number of amides is 1.